The van der Waals surface area contributed by atoms with Gasteiger partial charge in [0.15, 0.2) is 0 Å². The second-order valence-electron chi connectivity index (χ2n) is 10.2. The molecule has 5 N–H and O–H groups in total. The van der Waals surface area contributed by atoms with E-state index in [-0.39, 0.29) is 22.5 Å². The topological polar surface area (TPSA) is 117 Å². The van der Waals surface area contributed by atoms with Crippen LogP contribution in [0.25, 0.3) is 10.9 Å². The third kappa shape index (κ3) is 5.03. The third-order valence-corrected chi connectivity index (χ3v) is 7.76. The highest BCUT2D eigenvalue weighted by atomic mass is 35.5. The van der Waals surface area contributed by atoms with Gasteiger partial charge in [0.05, 0.1) is 38.6 Å². The SMILES string of the molecule is CC(C)N1C=C([C@@H](Nc2cc(Cl)c3ncc(C#N)c(Nc4ccc(F)c(Cl)c4)c3c2)c2cccc3c2C(=O)NC3)NN1. The van der Waals surface area contributed by atoms with Gasteiger partial charge in [-0.25, -0.2) is 4.39 Å². The Morgan fingerprint density at radius 3 is 2.67 bits per heavy atom. The molecule has 0 spiro atoms. The van der Waals surface area contributed by atoms with Crippen molar-refractivity contribution in [1.29, 1.82) is 5.26 Å². The fourth-order valence-corrected chi connectivity index (χ4v) is 5.54. The van der Waals surface area contributed by atoms with Gasteiger partial charge in [-0.3, -0.25) is 14.8 Å². The van der Waals surface area contributed by atoms with Gasteiger partial charge in [-0.05, 0) is 55.3 Å². The molecule has 3 aromatic carbocycles. The van der Waals surface area contributed by atoms with E-state index in [0.29, 0.717) is 45.1 Å². The van der Waals surface area contributed by atoms with Crippen LogP contribution in [0.4, 0.5) is 21.5 Å². The van der Waals surface area contributed by atoms with Gasteiger partial charge in [0.1, 0.15) is 11.9 Å². The van der Waals surface area contributed by atoms with Crippen molar-refractivity contribution in [3.63, 3.8) is 0 Å². The molecule has 0 fully saturated rings. The van der Waals surface area contributed by atoms with Gasteiger partial charge < -0.3 is 21.4 Å². The van der Waals surface area contributed by atoms with Crippen LogP contribution in [0.3, 0.4) is 0 Å². The molecule has 3 heterocycles. The molecule has 0 saturated heterocycles. The largest absolute Gasteiger partial charge is 0.373 e. The number of fused-ring (bicyclic) bond motifs is 2. The predicted octanol–water partition coefficient (Wildman–Crippen LogP) is 6.27. The molecule has 212 valence electrons. The number of nitrogens with one attached hydrogen (secondary N) is 5. The maximum Gasteiger partial charge on any atom is 0.252 e. The maximum absolute atomic E-state index is 13.8. The quantitative estimate of drug-likeness (QED) is 0.168. The molecule has 1 atom stereocenters. The molecule has 42 heavy (non-hydrogen) atoms. The molecule has 1 aromatic heterocycles. The van der Waals surface area contributed by atoms with Gasteiger partial charge in [-0.1, -0.05) is 41.4 Å². The predicted molar refractivity (Wildman–Crippen MR) is 161 cm³/mol. The van der Waals surface area contributed by atoms with Crippen LogP contribution < -0.4 is 26.9 Å². The monoisotopic (exact) mass is 602 g/mol. The van der Waals surface area contributed by atoms with E-state index in [4.69, 9.17) is 23.2 Å². The number of amides is 1. The number of pyridine rings is 1. The van der Waals surface area contributed by atoms with Crippen molar-refractivity contribution < 1.29 is 9.18 Å². The van der Waals surface area contributed by atoms with Gasteiger partial charge in [-0.15, -0.1) is 5.53 Å². The zero-order chi connectivity index (χ0) is 29.5. The lowest BCUT2D eigenvalue weighted by atomic mass is 9.95. The minimum Gasteiger partial charge on any atom is -0.373 e. The number of aromatic nitrogens is 1. The summed E-state index contributed by atoms with van der Waals surface area (Å²) >= 11 is 12.8. The van der Waals surface area contributed by atoms with Gasteiger partial charge in [0, 0.05) is 47.3 Å². The van der Waals surface area contributed by atoms with Crippen LogP contribution >= 0.6 is 23.2 Å². The van der Waals surface area contributed by atoms with E-state index in [1.165, 1.54) is 24.4 Å². The smallest absolute Gasteiger partial charge is 0.252 e. The Bertz CT molecular complexity index is 1820. The molecule has 0 radical (unpaired) electrons. The lowest BCUT2D eigenvalue weighted by Gasteiger charge is -2.24. The summed E-state index contributed by atoms with van der Waals surface area (Å²) in [5.74, 6) is -0.687. The molecule has 9 nitrogen and oxygen atoms in total. The van der Waals surface area contributed by atoms with Gasteiger partial charge in [0.25, 0.3) is 5.91 Å². The van der Waals surface area contributed by atoms with Crippen molar-refractivity contribution in [3.05, 3.63) is 105 Å². The zero-order valence-corrected chi connectivity index (χ0v) is 24.0. The number of halogens is 3. The van der Waals surface area contributed by atoms with Gasteiger partial charge in [0.2, 0.25) is 0 Å². The van der Waals surface area contributed by atoms with E-state index >= 15 is 0 Å². The molecule has 0 aliphatic carbocycles. The average molecular weight is 603 g/mol. The lowest BCUT2D eigenvalue weighted by Crippen LogP contribution is -2.41. The van der Waals surface area contributed by atoms with E-state index < -0.39 is 11.9 Å². The first-order valence-corrected chi connectivity index (χ1v) is 13.9. The Morgan fingerprint density at radius 1 is 1.12 bits per heavy atom. The fourth-order valence-electron chi connectivity index (χ4n) is 5.09. The number of hydrogen-bond donors (Lipinski definition) is 5. The third-order valence-electron chi connectivity index (χ3n) is 7.18. The first kappa shape index (κ1) is 27.6. The number of carbonyl (C=O) groups is 1. The number of nitriles is 1. The van der Waals surface area contributed by atoms with Crippen LogP contribution in [0, 0.1) is 17.1 Å². The summed E-state index contributed by atoms with van der Waals surface area (Å²) in [6.45, 7) is 4.57. The molecule has 2 aliphatic rings. The molecule has 4 aromatic rings. The number of carbonyl (C=O) groups excluding carboxylic acids is 1. The molecule has 0 bridgehead atoms. The highest BCUT2D eigenvalue weighted by Crippen LogP contribution is 2.38. The molecule has 1 amide bonds. The second kappa shape index (κ2) is 11.0. The lowest BCUT2D eigenvalue weighted by molar-refractivity contribution is 0.0964. The summed E-state index contributed by atoms with van der Waals surface area (Å²) in [6.07, 6.45) is 3.39. The highest BCUT2D eigenvalue weighted by Gasteiger charge is 2.31. The zero-order valence-electron chi connectivity index (χ0n) is 22.5. The number of hydrogen-bond acceptors (Lipinski definition) is 8. The Balaban J connectivity index is 1.47. The molecular weight excluding hydrogens is 578 g/mol. The van der Waals surface area contributed by atoms with E-state index in [0.717, 1.165) is 16.8 Å². The number of hydrazine groups is 2. The van der Waals surface area contributed by atoms with Crippen molar-refractivity contribution in [3.8, 4) is 6.07 Å². The van der Waals surface area contributed by atoms with Crippen molar-refractivity contribution in [2.24, 2.45) is 0 Å². The summed E-state index contributed by atoms with van der Waals surface area (Å²) in [5, 5.41) is 22.3. The fraction of sp³-hybridized carbons (Fsp3) is 0.167. The minimum absolute atomic E-state index is 0.0547. The Kier molecular flexibility index (Phi) is 7.24. The second-order valence-corrected chi connectivity index (χ2v) is 11.0. The van der Waals surface area contributed by atoms with Crippen LogP contribution in [0.15, 0.2) is 66.6 Å². The Morgan fingerprint density at radius 2 is 1.93 bits per heavy atom. The summed E-state index contributed by atoms with van der Waals surface area (Å²) in [5.41, 5.74) is 11.8. The summed E-state index contributed by atoms with van der Waals surface area (Å²) < 4.78 is 13.8. The van der Waals surface area contributed by atoms with Crippen LogP contribution in [0.5, 0.6) is 0 Å². The summed E-state index contributed by atoms with van der Waals surface area (Å²) in [7, 11) is 0. The first-order chi connectivity index (χ1) is 20.2. The van der Waals surface area contributed by atoms with E-state index in [1.54, 1.807) is 6.07 Å². The van der Waals surface area contributed by atoms with Crippen LogP contribution in [0.2, 0.25) is 10.0 Å². The first-order valence-electron chi connectivity index (χ1n) is 13.2. The number of rotatable bonds is 7. The Labute approximate surface area is 251 Å². The van der Waals surface area contributed by atoms with E-state index in [1.807, 2.05) is 35.5 Å². The van der Waals surface area contributed by atoms with Crippen molar-refractivity contribution >= 4 is 57.1 Å². The van der Waals surface area contributed by atoms with Crippen LogP contribution in [-0.4, -0.2) is 21.9 Å². The van der Waals surface area contributed by atoms with E-state index in [9.17, 15) is 14.4 Å². The minimum atomic E-state index is -0.552. The number of nitrogens with zero attached hydrogens (tertiary/aromatic N) is 3. The highest BCUT2D eigenvalue weighted by molar-refractivity contribution is 6.36. The molecule has 2 aliphatic heterocycles. The van der Waals surface area contributed by atoms with E-state index in [2.05, 4.69) is 51.8 Å². The number of benzene rings is 3. The summed E-state index contributed by atoms with van der Waals surface area (Å²) in [6, 6.07) is 15.4. The standard InChI is InChI=1S/C30H25Cl2FN8O/c1-15(2)41-14-25(39-40-41)29(20-5-3-4-16-12-36-30(42)26(16)20)38-19-8-21-27(37-18-6-7-24(33)22(31)9-18)17(11-34)13-35-28(21)23(32)10-19/h3-10,13-15,29,38-40H,12H2,1-2H3,(H,35,37)(H,36,42)/t29-/m0/s1. The maximum atomic E-state index is 13.8. The molecule has 0 unspecified atom stereocenters. The van der Waals surface area contributed by atoms with Crippen molar-refractivity contribution in [2.75, 3.05) is 10.6 Å². The molecular formula is C30H25Cl2FN8O. The molecule has 6 rings (SSSR count). The van der Waals surface area contributed by atoms with Gasteiger partial charge >= 0.3 is 0 Å². The van der Waals surface area contributed by atoms with Gasteiger partial charge in [-0.2, -0.15) is 5.26 Å². The van der Waals surface area contributed by atoms with Crippen LogP contribution in [-0.2, 0) is 6.54 Å². The number of anilines is 3. The normalized spacial score (nSPS) is 14.7. The van der Waals surface area contributed by atoms with Crippen molar-refractivity contribution in [2.45, 2.75) is 32.5 Å². The average Bonchev–Trinajstić information content (AvgIpc) is 3.62. The summed E-state index contributed by atoms with van der Waals surface area (Å²) in [4.78, 5) is 17.3. The molecule has 12 heteroatoms. The van der Waals surface area contributed by atoms with Crippen LogP contribution in [0.1, 0.15) is 46.9 Å². The molecule has 0 saturated carbocycles. The Hall–Kier alpha value is -4.56. The van der Waals surface area contributed by atoms with Crippen molar-refractivity contribution in [1.82, 2.24) is 26.3 Å².